The van der Waals surface area contributed by atoms with Gasteiger partial charge in [-0.05, 0) is 25.1 Å². The van der Waals surface area contributed by atoms with Crippen LogP contribution in [-0.2, 0) is 15.0 Å². The fraction of sp³-hybridized carbons (Fsp3) is 0.435. The van der Waals surface area contributed by atoms with Crippen LogP contribution in [-0.4, -0.2) is 54.9 Å². The first-order valence-corrected chi connectivity index (χ1v) is 11.2. The van der Waals surface area contributed by atoms with E-state index in [1.165, 1.54) is 0 Å². The van der Waals surface area contributed by atoms with Gasteiger partial charge in [0.2, 0.25) is 0 Å². The minimum absolute atomic E-state index is 0.0495. The third kappa shape index (κ3) is 4.49. The number of pyridine rings is 1. The number of fused-ring (bicyclic) bond motifs is 2. The zero-order valence-corrected chi connectivity index (χ0v) is 19.2. The molecule has 37 heavy (non-hydrogen) atoms. The first kappa shape index (κ1) is 25.0. The summed E-state index contributed by atoms with van der Waals surface area (Å²) in [5.41, 5.74) is 2.51. The highest BCUT2D eigenvalue weighted by molar-refractivity contribution is 6.03. The molecule has 3 aliphatic heterocycles. The van der Waals surface area contributed by atoms with Crippen LogP contribution in [0.5, 0.6) is 11.5 Å². The van der Waals surface area contributed by atoms with Crippen LogP contribution < -0.4 is 20.5 Å². The van der Waals surface area contributed by atoms with Crippen LogP contribution in [0.15, 0.2) is 35.5 Å². The summed E-state index contributed by atoms with van der Waals surface area (Å²) in [4.78, 5) is 20.4. The molecule has 0 aliphatic carbocycles. The largest absolute Gasteiger partial charge is 0.479 e. The molecule has 1 saturated heterocycles. The van der Waals surface area contributed by atoms with Gasteiger partial charge in [-0.25, -0.2) is 23.1 Å². The van der Waals surface area contributed by atoms with E-state index in [-0.39, 0.29) is 42.0 Å². The smallest absolute Gasteiger partial charge is 0.433 e. The fourth-order valence-electron chi connectivity index (χ4n) is 4.71. The molecule has 0 bridgehead atoms. The molecule has 0 saturated carbocycles. The number of hydrogen-bond acceptors (Lipinski definition) is 8. The van der Waals surface area contributed by atoms with Crippen molar-refractivity contribution < 1.29 is 45.7 Å². The number of nitrogens with two attached hydrogens (primary N) is 1. The van der Waals surface area contributed by atoms with Gasteiger partial charge in [-0.2, -0.15) is 8.78 Å². The molecule has 0 radical (unpaired) electrons. The Kier molecular flexibility index (Phi) is 6.09. The Morgan fingerprint density at radius 1 is 1.24 bits per heavy atom. The molecular weight excluding hydrogens is 507 g/mol. The van der Waals surface area contributed by atoms with Crippen molar-refractivity contribution in [2.45, 2.75) is 43.6 Å². The van der Waals surface area contributed by atoms with E-state index in [1.54, 1.807) is 6.92 Å². The molecule has 1 aromatic carbocycles. The summed E-state index contributed by atoms with van der Waals surface area (Å²) in [5, 5.41) is 2.43. The maximum atomic E-state index is 15.1. The molecule has 9 nitrogen and oxygen atoms in total. The lowest BCUT2D eigenvalue weighted by Crippen LogP contribution is -2.57. The molecule has 4 heterocycles. The van der Waals surface area contributed by atoms with Crippen LogP contribution in [0.25, 0.3) is 0 Å². The molecule has 0 spiro atoms. The highest BCUT2D eigenvalue weighted by atomic mass is 19.3. The van der Waals surface area contributed by atoms with Gasteiger partial charge in [0, 0.05) is 23.7 Å². The summed E-state index contributed by atoms with van der Waals surface area (Å²) in [6, 6.07) is 3.69. The predicted molar refractivity (Wildman–Crippen MR) is 117 cm³/mol. The lowest BCUT2D eigenvalue weighted by molar-refractivity contribution is -0.209. The van der Waals surface area contributed by atoms with Crippen molar-refractivity contribution in [3.05, 3.63) is 47.5 Å². The van der Waals surface area contributed by atoms with E-state index < -0.39 is 60.0 Å². The van der Waals surface area contributed by atoms with Crippen LogP contribution in [0, 0.1) is 11.7 Å². The number of carbonyl (C=O) groups is 1. The van der Waals surface area contributed by atoms with Gasteiger partial charge in [0.05, 0.1) is 24.8 Å². The summed E-state index contributed by atoms with van der Waals surface area (Å²) in [7, 11) is 0. The maximum absolute atomic E-state index is 15.1. The minimum Gasteiger partial charge on any atom is -0.479 e. The molecule has 0 unspecified atom stereocenters. The average Bonchev–Trinajstić information content (AvgIpc) is 2.83. The number of nitrogens with one attached hydrogen (secondary N) is 1. The molecule has 2 aromatic rings. The zero-order valence-electron chi connectivity index (χ0n) is 19.2. The van der Waals surface area contributed by atoms with Crippen molar-refractivity contribution in [3.63, 3.8) is 0 Å². The summed E-state index contributed by atoms with van der Waals surface area (Å²) < 4.78 is 91.6. The molecule has 3 aliphatic rings. The van der Waals surface area contributed by atoms with E-state index in [0.717, 1.165) is 30.5 Å². The number of carbonyl (C=O) groups excluding carboxylic acids is 1. The molecule has 198 valence electrons. The summed E-state index contributed by atoms with van der Waals surface area (Å²) in [6.07, 6.45) is -6.68. The van der Waals surface area contributed by atoms with Crippen LogP contribution in [0.1, 0.15) is 29.4 Å². The molecule has 4 atom stereocenters. The fourth-order valence-corrected chi connectivity index (χ4v) is 4.71. The van der Waals surface area contributed by atoms with Crippen molar-refractivity contribution in [2.75, 3.05) is 18.5 Å². The molecular formula is C23H21F5N4O5. The molecule has 5 rings (SSSR count). The van der Waals surface area contributed by atoms with Gasteiger partial charge in [-0.3, -0.25) is 4.79 Å². The number of benzene rings is 1. The van der Waals surface area contributed by atoms with E-state index in [1.807, 2.05) is 0 Å². The number of alkyl halides is 4. The van der Waals surface area contributed by atoms with Gasteiger partial charge >= 0.3 is 6.11 Å². The number of halogens is 5. The highest BCUT2D eigenvalue weighted by Crippen LogP contribution is 2.48. The molecule has 1 fully saturated rings. The second-order valence-corrected chi connectivity index (χ2v) is 8.91. The summed E-state index contributed by atoms with van der Waals surface area (Å²) >= 11 is 0. The Balaban J connectivity index is 1.46. The summed E-state index contributed by atoms with van der Waals surface area (Å²) in [5.74, 6) is -3.38. The number of aliphatic imine (C=N–C) groups is 1. The number of anilines is 1. The first-order valence-electron chi connectivity index (χ1n) is 11.2. The lowest BCUT2D eigenvalue weighted by atomic mass is 9.73. The van der Waals surface area contributed by atoms with E-state index in [9.17, 15) is 22.4 Å². The number of nitrogens with zero attached hydrogens (tertiary/aromatic N) is 2. The number of ether oxygens (including phenoxy) is 4. The predicted octanol–water partition coefficient (Wildman–Crippen LogP) is 3.44. The second-order valence-electron chi connectivity index (χ2n) is 8.91. The van der Waals surface area contributed by atoms with Gasteiger partial charge in [0.15, 0.2) is 23.6 Å². The van der Waals surface area contributed by atoms with E-state index in [2.05, 4.69) is 20.0 Å². The topological polar surface area (TPSA) is 117 Å². The monoisotopic (exact) mass is 528 g/mol. The van der Waals surface area contributed by atoms with Gasteiger partial charge < -0.3 is 30.0 Å². The Morgan fingerprint density at radius 3 is 2.78 bits per heavy atom. The van der Waals surface area contributed by atoms with Crippen molar-refractivity contribution in [1.29, 1.82) is 0 Å². The third-order valence-electron chi connectivity index (χ3n) is 6.41. The number of amidine groups is 1. The van der Waals surface area contributed by atoms with Crippen LogP contribution >= 0.6 is 0 Å². The number of aromatic nitrogens is 1. The van der Waals surface area contributed by atoms with Gasteiger partial charge in [-0.1, -0.05) is 0 Å². The Labute approximate surface area is 206 Å². The molecule has 14 heteroatoms. The van der Waals surface area contributed by atoms with Crippen molar-refractivity contribution >= 4 is 17.6 Å². The molecule has 1 amide bonds. The number of rotatable bonds is 4. The van der Waals surface area contributed by atoms with Crippen LogP contribution in [0.4, 0.5) is 27.6 Å². The Morgan fingerprint density at radius 2 is 2.03 bits per heavy atom. The highest BCUT2D eigenvalue weighted by Gasteiger charge is 2.58. The number of hydrogen-bond donors (Lipinski definition) is 2. The Bertz CT molecular complexity index is 1260. The maximum Gasteiger partial charge on any atom is 0.433 e. The quantitative estimate of drug-likeness (QED) is 0.584. The standard InChI is InChI=1S/C23H21F5N4O5/c1-10-4-16-13(8-34-10)23(20(25)26,32-21(29)36-16)12-5-11(2-3-14(12)24)31-19(33)15-6-17-18(7-30-15)37-22(27,28)9-35-17/h2-3,5-7,10,13,16,20H,4,8-9H2,1H3,(H2,29,32)(H,31,33)/t10-,13+,16-,23-/m1/s1. The lowest BCUT2D eigenvalue weighted by Gasteiger charge is -2.47. The van der Waals surface area contributed by atoms with E-state index in [4.69, 9.17) is 19.9 Å². The average molecular weight is 528 g/mol. The molecule has 1 aromatic heterocycles. The van der Waals surface area contributed by atoms with Crippen LogP contribution in [0.2, 0.25) is 0 Å². The van der Waals surface area contributed by atoms with Crippen molar-refractivity contribution in [3.8, 4) is 11.5 Å². The van der Waals surface area contributed by atoms with E-state index >= 15 is 4.39 Å². The van der Waals surface area contributed by atoms with Crippen molar-refractivity contribution in [2.24, 2.45) is 16.6 Å². The number of amides is 1. The molecule has 3 N–H and O–H groups in total. The van der Waals surface area contributed by atoms with E-state index in [0.29, 0.717) is 0 Å². The summed E-state index contributed by atoms with van der Waals surface area (Å²) in [6.45, 7) is 0.517. The van der Waals surface area contributed by atoms with Gasteiger partial charge in [-0.15, -0.1) is 0 Å². The minimum atomic E-state index is -3.54. The second kappa shape index (κ2) is 9.01. The van der Waals surface area contributed by atoms with Crippen LogP contribution in [0.3, 0.4) is 0 Å². The Hall–Kier alpha value is -3.68. The SMILES string of the molecule is C[C@@H]1C[C@H]2OC(N)=N[C@@](c3cc(NC(=O)c4cc5c(cn4)OC(F)(F)CO5)ccc3F)(C(F)F)[C@H]2CO1. The third-order valence-corrected chi connectivity index (χ3v) is 6.41. The normalized spacial score (nSPS) is 28.1. The first-order chi connectivity index (χ1) is 17.5. The zero-order chi connectivity index (χ0) is 26.5. The van der Waals surface area contributed by atoms with Gasteiger partial charge in [0.25, 0.3) is 18.4 Å². The van der Waals surface area contributed by atoms with Crippen molar-refractivity contribution in [1.82, 2.24) is 4.98 Å². The van der Waals surface area contributed by atoms with Gasteiger partial charge in [0.1, 0.15) is 17.6 Å².